The van der Waals surface area contributed by atoms with Crippen LogP contribution in [0.25, 0.3) is 0 Å². The molecular weight excluding hydrogens is 301 g/mol. The summed E-state index contributed by atoms with van der Waals surface area (Å²) in [5.41, 5.74) is 0.679. The van der Waals surface area contributed by atoms with Gasteiger partial charge in [0, 0.05) is 20.2 Å². The molecule has 2 amide bonds. The van der Waals surface area contributed by atoms with Crippen LogP contribution in [0, 0.1) is 0 Å². The standard InChI is InChI=1S/C13H19ClN3O2.ClH/c1-15(2)9-17(13(18)16(3)4)10-6-7-12(19-5)11(14)8-10;/h6-9H,1-5H3;1H/q+1;/p-1. The van der Waals surface area contributed by atoms with E-state index in [9.17, 15) is 4.79 Å². The van der Waals surface area contributed by atoms with Crippen LogP contribution in [0.1, 0.15) is 0 Å². The van der Waals surface area contributed by atoms with Gasteiger partial charge in [0.15, 0.2) is 0 Å². The summed E-state index contributed by atoms with van der Waals surface area (Å²) in [5, 5.41) is 0.462. The second-order valence-electron chi connectivity index (χ2n) is 4.44. The van der Waals surface area contributed by atoms with Crippen LogP contribution in [-0.4, -0.2) is 57.1 Å². The van der Waals surface area contributed by atoms with Crippen molar-refractivity contribution in [3.05, 3.63) is 23.2 Å². The molecule has 0 spiro atoms. The van der Waals surface area contributed by atoms with E-state index in [4.69, 9.17) is 16.3 Å². The molecular formula is C13H19Cl2N3O2. The number of anilines is 1. The van der Waals surface area contributed by atoms with Gasteiger partial charge in [0.25, 0.3) is 0 Å². The van der Waals surface area contributed by atoms with E-state index in [2.05, 4.69) is 0 Å². The molecule has 0 aliphatic rings. The van der Waals surface area contributed by atoms with E-state index in [0.717, 1.165) is 0 Å². The summed E-state index contributed by atoms with van der Waals surface area (Å²) in [6.07, 6.45) is 1.69. The van der Waals surface area contributed by atoms with Crippen molar-refractivity contribution in [2.45, 2.75) is 0 Å². The zero-order valence-corrected chi connectivity index (χ0v) is 13.7. The number of carbonyl (C=O) groups excluding carboxylic acids is 1. The van der Waals surface area contributed by atoms with Crippen LogP contribution in [0.5, 0.6) is 5.75 Å². The highest BCUT2D eigenvalue weighted by molar-refractivity contribution is 6.32. The minimum atomic E-state index is -0.157. The van der Waals surface area contributed by atoms with Crippen molar-refractivity contribution < 1.29 is 26.5 Å². The zero-order valence-electron chi connectivity index (χ0n) is 12.2. The highest BCUT2D eigenvalue weighted by Crippen LogP contribution is 2.29. The summed E-state index contributed by atoms with van der Waals surface area (Å²) in [4.78, 5) is 15.2. The number of hydrogen-bond acceptors (Lipinski definition) is 2. The molecule has 0 heterocycles. The van der Waals surface area contributed by atoms with E-state index in [-0.39, 0.29) is 18.4 Å². The van der Waals surface area contributed by atoms with Gasteiger partial charge < -0.3 is 22.0 Å². The van der Waals surface area contributed by atoms with E-state index in [1.54, 1.807) is 50.3 Å². The Labute approximate surface area is 130 Å². The van der Waals surface area contributed by atoms with Crippen molar-refractivity contribution in [1.82, 2.24) is 4.90 Å². The molecule has 0 N–H and O–H groups in total. The predicted octanol–water partition coefficient (Wildman–Crippen LogP) is -0.859. The van der Waals surface area contributed by atoms with E-state index >= 15 is 0 Å². The average Bonchev–Trinajstić information content (AvgIpc) is 2.34. The van der Waals surface area contributed by atoms with Crippen LogP contribution >= 0.6 is 11.6 Å². The van der Waals surface area contributed by atoms with Crippen molar-refractivity contribution in [3.8, 4) is 5.75 Å². The lowest BCUT2D eigenvalue weighted by Crippen LogP contribution is -3.00. The van der Waals surface area contributed by atoms with Gasteiger partial charge in [-0.3, -0.25) is 4.58 Å². The summed E-state index contributed by atoms with van der Waals surface area (Å²) in [6.45, 7) is 0. The third-order valence-electron chi connectivity index (χ3n) is 2.35. The maximum atomic E-state index is 12.2. The minimum absolute atomic E-state index is 0. The Morgan fingerprint density at radius 2 is 1.95 bits per heavy atom. The molecule has 0 aromatic heterocycles. The van der Waals surface area contributed by atoms with Gasteiger partial charge in [0.1, 0.15) is 11.4 Å². The van der Waals surface area contributed by atoms with Crippen LogP contribution in [0.4, 0.5) is 10.5 Å². The smallest absolute Gasteiger partial charge is 0.415 e. The first kappa shape index (κ1) is 18.5. The van der Waals surface area contributed by atoms with Crippen molar-refractivity contribution >= 4 is 29.7 Å². The highest BCUT2D eigenvalue weighted by atomic mass is 35.5. The number of hydrogen-bond donors (Lipinski definition) is 0. The summed E-state index contributed by atoms with van der Waals surface area (Å²) in [6, 6.07) is 5.06. The Morgan fingerprint density at radius 1 is 1.35 bits per heavy atom. The van der Waals surface area contributed by atoms with Gasteiger partial charge >= 0.3 is 6.03 Å². The van der Waals surface area contributed by atoms with Gasteiger partial charge in [-0.05, 0) is 12.1 Å². The van der Waals surface area contributed by atoms with E-state index in [0.29, 0.717) is 16.5 Å². The lowest BCUT2D eigenvalue weighted by Gasteiger charge is -2.16. The molecule has 0 fully saturated rings. The molecule has 0 saturated heterocycles. The fourth-order valence-electron chi connectivity index (χ4n) is 1.48. The maximum Gasteiger partial charge on any atom is 0.415 e. The van der Waals surface area contributed by atoms with Crippen LogP contribution in [0.2, 0.25) is 5.02 Å². The first-order valence-electron chi connectivity index (χ1n) is 5.72. The van der Waals surface area contributed by atoms with Crippen LogP contribution in [-0.2, 0) is 0 Å². The SMILES string of the molecule is COc1ccc(N(C=[N+](C)C)C(=O)N(C)C)cc1Cl.[Cl-]. The van der Waals surface area contributed by atoms with Crippen LogP contribution in [0.15, 0.2) is 18.2 Å². The molecule has 7 heteroatoms. The third kappa shape index (κ3) is 4.58. The van der Waals surface area contributed by atoms with Gasteiger partial charge in [-0.15, -0.1) is 4.90 Å². The molecule has 0 saturated carbocycles. The Morgan fingerprint density at radius 3 is 2.35 bits per heavy atom. The summed E-state index contributed by atoms with van der Waals surface area (Å²) in [5.74, 6) is 0.576. The van der Waals surface area contributed by atoms with E-state index < -0.39 is 0 Å². The summed E-state index contributed by atoms with van der Waals surface area (Å²) >= 11 is 6.09. The molecule has 0 aliphatic heterocycles. The molecule has 1 rings (SSSR count). The number of ether oxygens (including phenoxy) is 1. The quantitative estimate of drug-likeness (QED) is 0.413. The van der Waals surface area contributed by atoms with Crippen molar-refractivity contribution in [2.75, 3.05) is 40.2 Å². The molecule has 1 aromatic carbocycles. The Kier molecular flexibility index (Phi) is 7.39. The molecule has 0 unspecified atom stereocenters. The normalized spacial score (nSPS) is 9.30. The van der Waals surface area contributed by atoms with Crippen LogP contribution in [0.3, 0.4) is 0 Å². The van der Waals surface area contributed by atoms with Gasteiger partial charge in [-0.1, -0.05) is 11.6 Å². The number of amides is 2. The van der Waals surface area contributed by atoms with Crippen molar-refractivity contribution in [3.63, 3.8) is 0 Å². The van der Waals surface area contributed by atoms with Gasteiger partial charge in [-0.2, -0.15) is 0 Å². The number of nitrogens with zero attached hydrogens (tertiary/aromatic N) is 3. The second-order valence-corrected chi connectivity index (χ2v) is 4.85. The lowest BCUT2D eigenvalue weighted by atomic mass is 10.3. The predicted molar refractivity (Wildman–Crippen MR) is 77.7 cm³/mol. The first-order valence-corrected chi connectivity index (χ1v) is 6.10. The fraction of sp³-hybridized carbons (Fsp3) is 0.385. The Bertz CT molecular complexity index is 500. The molecule has 0 radical (unpaired) electrons. The maximum absolute atomic E-state index is 12.2. The molecule has 0 aliphatic carbocycles. The number of methoxy groups -OCH3 is 1. The van der Waals surface area contributed by atoms with E-state index in [1.807, 2.05) is 14.1 Å². The minimum Gasteiger partial charge on any atom is -1.00 e. The van der Waals surface area contributed by atoms with Crippen molar-refractivity contribution in [1.29, 1.82) is 0 Å². The van der Waals surface area contributed by atoms with E-state index in [1.165, 1.54) is 9.80 Å². The topological polar surface area (TPSA) is 35.8 Å². The largest absolute Gasteiger partial charge is 1.00 e. The number of halogens is 2. The summed E-state index contributed by atoms with van der Waals surface area (Å²) in [7, 11) is 8.64. The zero-order chi connectivity index (χ0) is 14.6. The lowest BCUT2D eigenvalue weighted by molar-refractivity contribution is -0.460. The summed E-state index contributed by atoms with van der Waals surface area (Å²) < 4.78 is 6.89. The fourth-order valence-corrected chi connectivity index (χ4v) is 1.73. The highest BCUT2D eigenvalue weighted by Gasteiger charge is 2.24. The Hall–Kier alpha value is -1.46. The van der Waals surface area contributed by atoms with Gasteiger partial charge in [0.05, 0.1) is 26.2 Å². The monoisotopic (exact) mass is 319 g/mol. The molecule has 20 heavy (non-hydrogen) atoms. The van der Waals surface area contributed by atoms with Crippen molar-refractivity contribution in [2.24, 2.45) is 0 Å². The molecule has 0 atom stereocenters. The van der Waals surface area contributed by atoms with Gasteiger partial charge in [-0.25, -0.2) is 4.79 Å². The first-order chi connectivity index (χ1) is 8.86. The number of urea groups is 1. The molecule has 5 nitrogen and oxygen atoms in total. The molecule has 0 bridgehead atoms. The van der Waals surface area contributed by atoms with Crippen LogP contribution < -0.4 is 22.0 Å². The molecule has 1 aromatic rings. The van der Waals surface area contributed by atoms with Gasteiger partial charge in [0.2, 0.25) is 6.34 Å². The number of rotatable bonds is 3. The molecule has 112 valence electrons. The number of carbonyl (C=O) groups is 1. The Balaban J connectivity index is 0.00000361. The average molecular weight is 320 g/mol. The third-order valence-corrected chi connectivity index (χ3v) is 2.64. The second kappa shape index (κ2) is 7.97. The number of benzene rings is 1.